The Balaban J connectivity index is 3.21. The van der Waals surface area contributed by atoms with Crippen molar-refractivity contribution in [2.24, 2.45) is 5.92 Å². The summed E-state index contributed by atoms with van der Waals surface area (Å²) in [5.41, 5.74) is -0.705. The lowest BCUT2D eigenvalue weighted by Crippen LogP contribution is -2.71. The average Bonchev–Trinajstić information content (AvgIpc) is 2.49. The number of carbonyl (C=O) groups excluding carboxylic acids is 2. The van der Waals surface area contributed by atoms with Crippen molar-refractivity contribution in [2.75, 3.05) is 0 Å². The Morgan fingerprint density at radius 2 is 1.62 bits per heavy atom. The van der Waals surface area contributed by atoms with Crippen LogP contribution in [-0.2, 0) is 9.59 Å². The van der Waals surface area contributed by atoms with Gasteiger partial charge >= 0.3 is 0 Å². The fourth-order valence-corrected chi connectivity index (χ4v) is 3.67. The van der Waals surface area contributed by atoms with Crippen LogP contribution in [0.5, 0.6) is 0 Å². The minimum Gasteiger partial charge on any atom is -0.340 e. The van der Waals surface area contributed by atoms with Crippen molar-refractivity contribution in [3.05, 3.63) is 0 Å². The molecule has 0 radical (unpaired) electrons. The Morgan fingerprint density at radius 3 is 2.00 bits per heavy atom. The standard InChI is InChI=1S/C17H32N2O2/c1-7-13(8-2)12(6)19-14(9-3)15(20)18-17(10-4,11-5)16(19)21/h12-14H,7-11H2,1-6H3,(H,18,20). The van der Waals surface area contributed by atoms with Crippen LogP contribution in [0.4, 0.5) is 0 Å². The van der Waals surface area contributed by atoms with Gasteiger partial charge in [0, 0.05) is 6.04 Å². The first-order valence-electron chi connectivity index (χ1n) is 8.56. The van der Waals surface area contributed by atoms with E-state index in [9.17, 15) is 9.59 Å². The molecule has 0 saturated carbocycles. The molecule has 2 atom stereocenters. The van der Waals surface area contributed by atoms with E-state index in [1.807, 2.05) is 25.7 Å². The molecule has 1 rings (SSSR count). The predicted octanol–water partition coefficient (Wildman–Crippen LogP) is 3.11. The van der Waals surface area contributed by atoms with Gasteiger partial charge in [0.25, 0.3) is 0 Å². The molecule has 4 heteroatoms. The molecule has 1 fully saturated rings. The molecule has 0 aliphatic carbocycles. The third kappa shape index (κ3) is 3.09. The Bertz CT molecular complexity index is 373. The highest BCUT2D eigenvalue weighted by atomic mass is 16.2. The summed E-state index contributed by atoms with van der Waals surface area (Å²) < 4.78 is 0. The molecular formula is C17H32N2O2. The van der Waals surface area contributed by atoms with Gasteiger partial charge in [0.1, 0.15) is 11.6 Å². The van der Waals surface area contributed by atoms with Gasteiger partial charge in [0.15, 0.2) is 0 Å². The van der Waals surface area contributed by atoms with E-state index in [0.29, 0.717) is 25.2 Å². The smallest absolute Gasteiger partial charge is 0.249 e. The lowest BCUT2D eigenvalue weighted by molar-refractivity contribution is -0.159. The zero-order valence-corrected chi connectivity index (χ0v) is 14.5. The van der Waals surface area contributed by atoms with Crippen molar-refractivity contribution in [2.45, 2.75) is 91.3 Å². The van der Waals surface area contributed by atoms with Crippen LogP contribution in [-0.4, -0.2) is 34.3 Å². The molecule has 0 spiro atoms. The van der Waals surface area contributed by atoms with Gasteiger partial charge < -0.3 is 10.2 Å². The van der Waals surface area contributed by atoms with Crippen molar-refractivity contribution >= 4 is 11.8 Å². The number of rotatable bonds is 7. The maximum atomic E-state index is 13.1. The first-order valence-corrected chi connectivity index (χ1v) is 8.56. The van der Waals surface area contributed by atoms with Crippen LogP contribution in [0.3, 0.4) is 0 Å². The minimum atomic E-state index is -0.705. The topological polar surface area (TPSA) is 49.4 Å². The highest BCUT2D eigenvalue weighted by Gasteiger charge is 2.50. The first-order chi connectivity index (χ1) is 9.92. The van der Waals surface area contributed by atoms with Crippen LogP contribution in [0.25, 0.3) is 0 Å². The van der Waals surface area contributed by atoms with Crippen LogP contribution in [0, 0.1) is 5.92 Å². The number of carbonyl (C=O) groups is 2. The van der Waals surface area contributed by atoms with Crippen LogP contribution in [0.2, 0.25) is 0 Å². The molecule has 1 aliphatic heterocycles. The van der Waals surface area contributed by atoms with Gasteiger partial charge in [-0.05, 0) is 32.1 Å². The van der Waals surface area contributed by atoms with Crippen LogP contribution in [0.15, 0.2) is 0 Å². The average molecular weight is 296 g/mol. The van der Waals surface area contributed by atoms with Gasteiger partial charge in [0.05, 0.1) is 0 Å². The van der Waals surface area contributed by atoms with E-state index in [-0.39, 0.29) is 23.9 Å². The highest BCUT2D eigenvalue weighted by molar-refractivity contribution is 6.00. The lowest BCUT2D eigenvalue weighted by atomic mass is 9.83. The second-order valence-corrected chi connectivity index (χ2v) is 6.23. The number of hydrogen-bond acceptors (Lipinski definition) is 2. The summed E-state index contributed by atoms with van der Waals surface area (Å²) in [5, 5.41) is 3.01. The number of piperazine rings is 1. The van der Waals surface area contributed by atoms with E-state index in [1.54, 1.807) is 0 Å². The molecule has 1 aliphatic rings. The molecule has 0 aromatic rings. The van der Waals surface area contributed by atoms with E-state index in [4.69, 9.17) is 0 Å². The zero-order valence-electron chi connectivity index (χ0n) is 14.5. The third-order valence-electron chi connectivity index (χ3n) is 5.41. The lowest BCUT2D eigenvalue weighted by Gasteiger charge is -2.49. The largest absolute Gasteiger partial charge is 0.340 e. The number of amides is 2. The molecule has 4 nitrogen and oxygen atoms in total. The van der Waals surface area contributed by atoms with E-state index in [2.05, 4.69) is 26.1 Å². The fourth-order valence-electron chi connectivity index (χ4n) is 3.67. The van der Waals surface area contributed by atoms with Crippen molar-refractivity contribution < 1.29 is 9.59 Å². The summed E-state index contributed by atoms with van der Waals surface area (Å²) in [7, 11) is 0. The zero-order chi connectivity index (χ0) is 16.2. The van der Waals surface area contributed by atoms with Crippen molar-refractivity contribution in [3.8, 4) is 0 Å². The quantitative estimate of drug-likeness (QED) is 0.785. The Kier molecular flexibility index (Phi) is 6.24. The maximum absolute atomic E-state index is 13.1. The van der Waals surface area contributed by atoms with Crippen molar-refractivity contribution in [3.63, 3.8) is 0 Å². The van der Waals surface area contributed by atoms with E-state index in [1.165, 1.54) is 0 Å². The second kappa shape index (κ2) is 7.28. The molecule has 1 saturated heterocycles. The summed E-state index contributed by atoms with van der Waals surface area (Å²) in [6.45, 7) is 12.4. The van der Waals surface area contributed by atoms with Crippen molar-refractivity contribution in [1.82, 2.24) is 10.2 Å². The van der Waals surface area contributed by atoms with Crippen molar-refractivity contribution in [1.29, 1.82) is 0 Å². The summed E-state index contributed by atoms with van der Waals surface area (Å²) in [6.07, 6.45) is 4.04. The molecule has 1 heterocycles. The molecule has 2 amide bonds. The highest BCUT2D eigenvalue weighted by Crippen LogP contribution is 2.31. The fraction of sp³-hybridized carbons (Fsp3) is 0.882. The number of nitrogens with one attached hydrogen (secondary N) is 1. The molecule has 0 aromatic heterocycles. The molecule has 122 valence electrons. The summed E-state index contributed by atoms with van der Waals surface area (Å²) in [6, 6.07) is -0.208. The molecular weight excluding hydrogens is 264 g/mol. The second-order valence-electron chi connectivity index (χ2n) is 6.23. The molecule has 2 unspecified atom stereocenters. The van der Waals surface area contributed by atoms with Crippen LogP contribution >= 0.6 is 0 Å². The summed E-state index contributed by atoms with van der Waals surface area (Å²) >= 11 is 0. The molecule has 21 heavy (non-hydrogen) atoms. The Hall–Kier alpha value is -1.06. The molecule has 0 aromatic carbocycles. The SMILES string of the molecule is CCC(CC)C(C)N1C(=O)C(CC)(CC)NC(=O)C1CC. The molecule has 1 N–H and O–H groups in total. The van der Waals surface area contributed by atoms with E-state index in [0.717, 1.165) is 12.8 Å². The summed E-state index contributed by atoms with van der Waals surface area (Å²) in [5.74, 6) is 0.567. The maximum Gasteiger partial charge on any atom is 0.249 e. The number of nitrogens with zero attached hydrogens (tertiary/aromatic N) is 1. The monoisotopic (exact) mass is 296 g/mol. The third-order valence-corrected chi connectivity index (χ3v) is 5.41. The van der Waals surface area contributed by atoms with E-state index < -0.39 is 5.54 Å². The Morgan fingerprint density at radius 1 is 1.10 bits per heavy atom. The van der Waals surface area contributed by atoms with Gasteiger partial charge in [-0.2, -0.15) is 0 Å². The normalized spacial score (nSPS) is 23.4. The first kappa shape index (κ1) is 18.0. The van der Waals surface area contributed by atoms with Gasteiger partial charge in [0.2, 0.25) is 11.8 Å². The van der Waals surface area contributed by atoms with Gasteiger partial charge in [-0.3, -0.25) is 9.59 Å². The molecule has 0 bridgehead atoms. The van der Waals surface area contributed by atoms with Gasteiger partial charge in [-0.25, -0.2) is 0 Å². The minimum absolute atomic E-state index is 0.0126. The Labute approximate surface area is 129 Å². The predicted molar refractivity (Wildman–Crippen MR) is 85.9 cm³/mol. The van der Waals surface area contributed by atoms with E-state index >= 15 is 0 Å². The van der Waals surface area contributed by atoms with Crippen LogP contribution in [0.1, 0.15) is 73.6 Å². The van der Waals surface area contributed by atoms with Gasteiger partial charge in [-0.15, -0.1) is 0 Å². The summed E-state index contributed by atoms with van der Waals surface area (Å²) in [4.78, 5) is 27.5. The number of hydrogen-bond donors (Lipinski definition) is 1. The van der Waals surface area contributed by atoms with Crippen LogP contribution < -0.4 is 5.32 Å². The van der Waals surface area contributed by atoms with Gasteiger partial charge in [-0.1, -0.05) is 47.5 Å².